The van der Waals surface area contributed by atoms with E-state index >= 15 is 0 Å². The second-order valence-corrected chi connectivity index (χ2v) is 3.89. The molecular formula is C10H19NO3. The lowest BCUT2D eigenvalue weighted by atomic mass is 10.1. The molecule has 4 heteroatoms. The van der Waals surface area contributed by atoms with Crippen molar-refractivity contribution >= 4 is 5.91 Å². The summed E-state index contributed by atoms with van der Waals surface area (Å²) in [4.78, 5) is 13.5. The second-order valence-electron chi connectivity index (χ2n) is 3.89. The van der Waals surface area contributed by atoms with Gasteiger partial charge in [-0.25, -0.2) is 0 Å². The molecule has 0 bridgehead atoms. The molecule has 82 valence electrons. The minimum atomic E-state index is 0.0384. The van der Waals surface area contributed by atoms with Gasteiger partial charge in [-0.3, -0.25) is 4.79 Å². The molecule has 0 aliphatic carbocycles. The summed E-state index contributed by atoms with van der Waals surface area (Å²) in [6, 6.07) is 0. The fourth-order valence-electron chi connectivity index (χ4n) is 1.57. The Morgan fingerprint density at radius 3 is 2.93 bits per heavy atom. The van der Waals surface area contributed by atoms with Crippen LogP contribution < -0.4 is 0 Å². The van der Waals surface area contributed by atoms with Crippen LogP contribution in [-0.2, 0) is 14.3 Å². The first-order valence-corrected chi connectivity index (χ1v) is 5.04. The van der Waals surface area contributed by atoms with Crippen molar-refractivity contribution in [3.05, 3.63) is 0 Å². The molecule has 0 radical (unpaired) electrons. The van der Waals surface area contributed by atoms with Gasteiger partial charge in [-0.2, -0.15) is 0 Å². The minimum absolute atomic E-state index is 0.0384. The zero-order chi connectivity index (χ0) is 10.6. The molecule has 1 rings (SSSR count). The Hall–Kier alpha value is -0.610. The molecule has 0 aromatic heterocycles. The Morgan fingerprint density at radius 2 is 2.36 bits per heavy atom. The number of rotatable bonds is 3. The maximum Gasteiger partial charge on any atom is 0.225 e. The zero-order valence-corrected chi connectivity index (χ0v) is 9.16. The van der Waals surface area contributed by atoms with Crippen LogP contribution >= 0.6 is 0 Å². The largest absolute Gasteiger partial charge is 0.382 e. The van der Waals surface area contributed by atoms with Crippen LogP contribution in [-0.4, -0.2) is 50.3 Å². The van der Waals surface area contributed by atoms with Crippen molar-refractivity contribution in [2.24, 2.45) is 5.92 Å². The second kappa shape index (κ2) is 5.32. The Morgan fingerprint density at radius 1 is 1.64 bits per heavy atom. The maximum atomic E-state index is 11.7. The van der Waals surface area contributed by atoms with Crippen LogP contribution in [0.25, 0.3) is 0 Å². The van der Waals surface area contributed by atoms with E-state index < -0.39 is 0 Å². The topological polar surface area (TPSA) is 38.8 Å². The van der Waals surface area contributed by atoms with Crippen molar-refractivity contribution < 1.29 is 14.3 Å². The van der Waals surface area contributed by atoms with Gasteiger partial charge in [0.2, 0.25) is 5.91 Å². The van der Waals surface area contributed by atoms with E-state index in [0.717, 1.165) is 0 Å². The predicted molar refractivity (Wildman–Crippen MR) is 53.0 cm³/mol. The quantitative estimate of drug-likeness (QED) is 0.668. The highest BCUT2D eigenvalue weighted by Gasteiger charge is 2.25. The van der Waals surface area contributed by atoms with Gasteiger partial charge in [0.1, 0.15) is 0 Å². The smallest absolute Gasteiger partial charge is 0.225 e. The molecule has 1 amide bonds. The van der Waals surface area contributed by atoms with Crippen LogP contribution in [0.3, 0.4) is 0 Å². The first-order chi connectivity index (χ1) is 6.65. The number of methoxy groups -OCH3 is 1. The van der Waals surface area contributed by atoms with Gasteiger partial charge in [-0.15, -0.1) is 0 Å². The molecule has 1 fully saturated rings. The van der Waals surface area contributed by atoms with Crippen LogP contribution in [0.1, 0.15) is 13.8 Å². The molecule has 1 atom stereocenters. The third-order valence-corrected chi connectivity index (χ3v) is 2.30. The standard InChI is InChI=1S/C10H19NO3/c1-8(2)10(12)11-4-5-14-9(6-11)7-13-3/h8-9H,4-7H2,1-3H3/t9-/m1/s1. The SMILES string of the molecule is COC[C@H]1CN(C(=O)C(C)C)CCO1. The first kappa shape index (κ1) is 11.5. The van der Waals surface area contributed by atoms with Gasteiger partial charge >= 0.3 is 0 Å². The summed E-state index contributed by atoms with van der Waals surface area (Å²) in [5.41, 5.74) is 0. The van der Waals surface area contributed by atoms with E-state index in [0.29, 0.717) is 26.3 Å². The highest BCUT2D eigenvalue weighted by molar-refractivity contribution is 5.78. The summed E-state index contributed by atoms with van der Waals surface area (Å²) < 4.78 is 10.5. The Bertz CT molecular complexity index is 192. The molecule has 1 heterocycles. The number of hydrogen-bond donors (Lipinski definition) is 0. The molecule has 0 aromatic carbocycles. The van der Waals surface area contributed by atoms with Crippen molar-refractivity contribution in [1.82, 2.24) is 4.90 Å². The molecule has 1 aliphatic heterocycles. The zero-order valence-electron chi connectivity index (χ0n) is 9.16. The van der Waals surface area contributed by atoms with Gasteiger partial charge < -0.3 is 14.4 Å². The lowest BCUT2D eigenvalue weighted by Crippen LogP contribution is -2.48. The number of ether oxygens (including phenoxy) is 2. The average molecular weight is 201 g/mol. The molecule has 1 saturated heterocycles. The van der Waals surface area contributed by atoms with E-state index in [2.05, 4.69) is 0 Å². The minimum Gasteiger partial charge on any atom is -0.382 e. The van der Waals surface area contributed by atoms with Crippen LogP contribution in [0.4, 0.5) is 0 Å². The van der Waals surface area contributed by atoms with Gasteiger partial charge in [-0.05, 0) is 0 Å². The van der Waals surface area contributed by atoms with E-state index in [9.17, 15) is 4.79 Å². The van der Waals surface area contributed by atoms with Crippen molar-refractivity contribution in [1.29, 1.82) is 0 Å². The van der Waals surface area contributed by atoms with E-state index in [1.807, 2.05) is 18.7 Å². The molecule has 0 N–H and O–H groups in total. The van der Waals surface area contributed by atoms with E-state index in [1.165, 1.54) is 0 Å². The number of hydrogen-bond acceptors (Lipinski definition) is 3. The van der Waals surface area contributed by atoms with E-state index in [1.54, 1.807) is 7.11 Å². The van der Waals surface area contributed by atoms with Gasteiger partial charge in [-0.1, -0.05) is 13.8 Å². The predicted octanol–water partition coefficient (Wildman–Crippen LogP) is 0.516. The van der Waals surface area contributed by atoms with Crippen LogP contribution in [0, 0.1) is 5.92 Å². The number of morpholine rings is 1. The van der Waals surface area contributed by atoms with Crippen LogP contribution in [0.2, 0.25) is 0 Å². The number of amides is 1. The van der Waals surface area contributed by atoms with Crippen molar-refractivity contribution in [2.45, 2.75) is 20.0 Å². The molecule has 14 heavy (non-hydrogen) atoms. The fourth-order valence-corrected chi connectivity index (χ4v) is 1.57. The lowest BCUT2D eigenvalue weighted by Gasteiger charge is -2.33. The Balaban J connectivity index is 2.43. The molecule has 0 saturated carbocycles. The molecular weight excluding hydrogens is 182 g/mol. The summed E-state index contributed by atoms with van der Waals surface area (Å²) in [5.74, 6) is 0.269. The summed E-state index contributed by atoms with van der Waals surface area (Å²) in [6.45, 7) is 6.38. The highest BCUT2D eigenvalue weighted by Crippen LogP contribution is 2.09. The fraction of sp³-hybridized carbons (Fsp3) is 0.900. The van der Waals surface area contributed by atoms with E-state index in [-0.39, 0.29) is 17.9 Å². The van der Waals surface area contributed by atoms with Crippen LogP contribution in [0.15, 0.2) is 0 Å². The maximum absolute atomic E-state index is 11.7. The Labute approximate surface area is 85.2 Å². The van der Waals surface area contributed by atoms with Gasteiger partial charge in [0.05, 0.1) is 19.3 Å². The van der Waals surface area contributed by atoms with E-state index in [4.69, 9.17) is 9.47 Å². The number of nitrogens with zero attached hydrogens (tertiary/aromatic N) is 1. The van der Waals surface area contributed by atoms with Gasteiger partial charge in [0.25, 0.3) is 0 Å². The molecule has 0 unspecified atom stereocenters. The van der Waals surface area contributed by atoms with Gasteiger partial charge in [0, 0.05) is 26.1 Å². The van der Waals surface area contributed by atoms with Crippen molar-refractivity contribution in [3.63, 3.8) is 0 Å². The third-order valence-electron chi connectivity index (χ3n) is 2.30. The number of carbonyl (C=O) groups is 1. The third kappa shape index (κ3) is 2.96. The van der Waals surface area contributed by atoms with Crippen LogP contribution in [0.5, 0.6) is 0 Å². The summed E-state index contributed by atoms with van der Waals surface area (Å²) in [5, 5.41) is 0. The normalized spacial score (nSPS) is 22.9. The average Bonchev–Trinajstić information content (AvgIpc) is 2.17. The molecule has 4 nitrogen and oxygen atoms in total. The van der Waals surface area contributed by atoms with Crippen molar-refractivity contribution in [2.75, 3.05) is 33.4 Å². The molecule has 0 aromatic rings. The first-order valence-electron chi connectivity index (χ1n) is 5.04. The lowest BCUT2D eigenvalue weighted by molar-refractivity contribution is -0.144. The molecule has 1 aliphatic rings. The van der Waals surface area contributed by atoms with Gasteiger partial charge in [0.15, 0.2) is 0 Å². The number of carbonyl (C=O) groups excluding carboxylic acids is 1. The summed E-state index contributed by atoms with van der Waals surface area (Å²) >= 11 is 0. The highest BCUT2D eigenvalue weighted by atomic mass is 16.5. The summed E-state index contributed by atoms with van der Waals surface area (Å²) in [6.07, 6.45) is 0.0384. The van der Waals surface area contributed by atoms with Crippen molar-refractivity contribution in [3.8, 4) is 0 Å². The Kier molecular flexibility index (Phi) is 4.35. The monoisotopic (exact) mass is 201 g/mol. The molecule has 0 spiro atoms. The summed E-state index contributed by atoms with van der Waals surface area (Å²) in [7, 11) is 1.65.